The molecule has 0 radical (unpaired) electrons. The molecule has 0 amide bonds. The van der Waals surface area contributed by atoms with Crippen LogP contribution >= 0.6 is 0 Å². The van der Waals surface area contributed by atoms with Crippen molar-refractivity contribution in [2.45, 2.75) is 19.1 Å². The van der Waals surface area contributed by atoms with Crippen molar-refractivity contribution in [3.8, 4) is 0 Å². The maximum absolute atomic E-state index is 5.60. The van der Waals surface area contributed by atoms with Gasteiger partial charge in [0.25, 0.3) is 0 Å². The summed E-state index contributed by atoms with van der Waals surface area (Å²) in [5.41, 5.74) is 0. The van der Waals surface area contributed by atoms with Crippen molar-refractivity contribution in [3.63, 3.8) is 0 Å². The molecule has 0 spiro atoms. The Morgan fingerprint density at radius 2 is 2.00 bits per heavy atom. The molecule has 0 aliphatic carbocycles. The fourth-order valence-corrected chi connectivity index (χ4v) is 2.22. The van der Waals surface area contributed by atoms with Gasteiger partial charge in [-0.05, 0) is 6.92 Å². The van der Waals surface area contributed by atoms with Gasteiger partial charge >= 0.3 is 0 Å². The van der Waals surface area contributed by atoms with Crippen LogP contribution in [0, 0.1) is 0 Å². The Labute approximate surface area is 103 Å². The quantitative estimate of drug-likeness (QED) is 0.720. The van der Waals surface area contributed by atoms with Crippen LogP contribution in [-0.2, 0) is 14.2 Å². The van der Waals surface area contributed by atoms with Gasteiger partial charge in [-0.2, -0.15) is 0 Å². The first kappa shape index (κ1) is 13.2. The van der Waals surface area contributed by atoms with Crippen LogP contribution in [0.1, 0.15) is 6.92 Å². The predicted molar refractivity (Wildman–Crippen MR) is 65.3 cm³/mol. The average Bonchev–Trinajstić information content (AvgIpc) is 2.39. The molecule has 17 heavy (non-hydrogen) atoms. The number of hydrogen-bond acceptors (Lipinski definition) is 5. The lowest BCUT2D eigenvalue weighted by Gasteiger charge is -2.30. The molecule has 2 aliphatic rings. The molecule has 1 N–H and O–H groups in total. The first-order valence-corrected chi connectivity index (χ1v) is 6.57. The van der Waals surface area contributed by atoms with E-state index in [1.807, 2.05) is 0 Å². The molecule has 2 fully saturated rings. The first-order chi connectivity index (χ1) is 8.34. The van der Waals surface area contributed by atoms with Crippen molar-refractivity contribution in [2.24, 2.45) is 0 Å². The van der Waals surface area contributed by atoms with Crippen LogP contribution in [0.5, 0.6) is 0 Å². The van der Waals surface area contributed by atoms with Crippen LogP contribution < -0.4 is 5.32 Å². The Hall–Kier alpha value is -0.200. The molecular weight excluding hydrogens is 220 g/mol. The number of nitrogens with zero attached hydrogens (tertiary/aromatic N) is 1. The highest BCUT2D eigenvalue weighted by Gasteiger charge is 2.17. The standard InChI is InChI=1S/C12H24N2O3/c1-11(9-14-2-4-15-5-3-14)13-8-12-10-16-6-7-17-12/h11-13H,2-10H2,1H3. The van der Waals surface area contributed by atoms with Crippen LogP contribution in [0.4, 0.5) is 0 Å². The van der Waals surface area contributed by atoms with Gasteiger partial charge in [-0.25, -0.2) is 0 Å². The van der Waals surface area contributed by atoms with E-state index in [1.165, 1.54) is 0 Å². The summed E-state index contributed by atoms with van der Waals surface area (Å²) >= 11 is 0. The molecule has 2 saturated heterocycles. The summed E-state index contributed by atoms with van der Waals surface area (Å²) in [4.78, 5) is 2.44. The third-order valence-corrected chi connectivity index (χ3v) is 3.21. The normalized spacial score (nSPS) is 29.1. The van der Waals surface area contributed by atoms with E-state index >= 15 is 0 Å². The van der Waals surface area contributed by atoms with E-state index in [0.717, 1.165) is 59.2 Å². The summed E-state index contributed by atoms with van der Waals surface area (Å²) in [5.74, 6) is 0. The number of ether oxygens (including phenoxy) is 3. The maximum Gasteiger partial charge on any atom is 0.0933 e. The summed E-state index contributed by atoms with van der Waals surface area (Å²) in [5, 5.41) is 3.51. The fourth-order valence-electron chi connectivity index (χ4n) is 2.22. The summed E-state index contributed by atoms with van der Waals surface area (Å²) in [6.07, 6.45) is 0.218. The Bertz CT molecular complexity index is 204. The van der Waals surface area contributed by atoms with Crippen molar-refractivity contribution in [2.75, 3.05) is 59.2 Å². The molecule has 0 saturated carbocycles. The number of rotatable bonds is 5. The lowest BCUT2D eigenvalue weighted by molar-refractivity contribution is -0.0872. The van der Waals surface area contributed by atoms with Crippen molar-refractivity contribution in [1.29, 1.82) is 0 Å². The summed E-state index contributed by atoms with van der Waals surface area (Å²) in [6.45, 7) is 10.2. The highest BCUT2D eigenvalue weighted by molar-refractivity contribution is 4.73. The van der Waals surface area contributed by atoms with E-state index in [0.29, 0.717) is 6.04 Å². The van der Waals surface area contributed by atoms with Gasteiger partial charge < -0.3 is 19.5 Å². The minimum absolute atomic E-state index is 0.218. The highest BCUT2D eigenvalue weighted by atomic mass is 16.6. The van der Waals surface area contributed by atoms with Crippen LogP contribution in [0.2, 0.25) is 0 Å². The molecule has 100 valence electrons. The molecule has 2 aliphatic heterocycles. The Morgan fingerprint density at radius 1 is 1.18 bits per heavy atom. The molecule has 2 atom stereocenters. The van der Waals surface area contributed by atoms with Gasteiger partial charge in [-0.1, -0.05) is 0 Å². The molecule has 2 heterocycles. The van der Waals surface area contributed by atoms with Gasteiger partial charge in [0.15, 0.2) is 0 Å². The largest absolute Gasteiger partial charge is 0.379 e. The monoisotopic (exact) mass is 244 g/mol. The second-order valence-corrected chi connectivity index (χ2v) is 4.79. The van der Waals surface area contributed by atoms with Crippen LogP contribution in [0.25, 0.3) is 0 Å². The van der Waals surface area contributed by atoms with Crippen molar-refractivity contribution in [1.82, 2.24) is 10.2 Å². The molecule has 0 aromatic rings. The maximum atomic E-state index is 5.60. The van der Waals surface area contributed by atoms with E-state index in [4.69, 9.17) is 14.2 Å². The van der Waals surface area contributed by atoms with E-state index in [2.05, 4.69) is 17.1 Å². The molecule has 0 bridgehead atoms. The van der Waals surface area contributed by atoms with E-state index in [1.54, 1.807) is 0 Å². The third-order valence-electron chi connectivity index (χ3n) is 3.21. The van der Waals surface area contributed by atoms with Crippen LogP contribution in [0.15, 0.2) is 0 Å². The smallest absolute Gasteiger partial charge is 0.0933 e. The average molecular weight is 244 g/mol. The lowest BCUT2D eigenvalue weighted by atomic mass is 10.2. The third kappa shape index (κ3) is 4.89. The van der Waals surface area contributed by atoms with Crippen LogP contribution in [0.3, 0.4) is 0 Å². The van der Waals surface area contributed by atoms with Gasteiger partial charge in [0.2, 0.25) is 0 Å². The van der Waals surface area contributed by atoms with E-state index in [-0.39, 0.29) is 6.10 Å². The topological polar surface area (TPSA) is 43.0 Å². The van der Waals surface area contributed by atoms with Gasteiger partial charge in [-0.15, -0.1) is 0 Å². The minimum Gasteiger partial charge on any atom is -0.379 e. The molecule has 2 rings (SSSR count). The van der Waals surface area contributed by atoms with Gasteiger partial charge in [0, 0.05) is 32.2 Å². The van der Waals surface area contributed by atoms with Crippen molar-refractivity contribution < 1.29 is 14.2 Å². The van der Waals surface area contributed by atoms with E-state index < -0.39 is 0 Å². The zero-order chi connectivity index (χ0) is 11.9. The van der Waals surface area contributed by atoms with Gasteiger partial charge in [0.1, 0.15) is 0 Å². The molecular formula is C12H24N2O3. The zero-order valence-corrected chi connectivity index (χ0v) is 10.7. The van der Waals surface area contributed by atoms with Gasteiger partial charge in [0.05, 0.1) is 39.1 Å². The second-order valence-electron chi connectivity index (χ2n) is 4.79. The second kappa shape index (κ2) is 7.28. The highest BCUT2D eigenvalue weighted by Crippen LogP contribution is 2.01. The Morgan fingerprint density at radius 3 is 2.71 bits per heavy atom. The lowest BCUT2D eigenvalue weighted by Crippen LogP contribution is -2.47. The zero-order valence-electron chi connectivity index (χ0n) is 10.7. The van der Waals surface area contributed by atoms with Gasteiger partial charge in [-0.3, -0.25) is 4.90 Å². The molecule has 0 aromatic carbocycles. The van der Waals surface area contributed by atoms with Crippen LogP contribution in [-0.4, -0.2) is 76.3 Å². The molecule has 5 nitrogen and oxygen atoms in total. The molecule has 5 heteroatoms. The minimum atomic E-state index is 0.218. The number of nitrogens with one attached hydrogen (secondary N) is 1. The Kier molecular flexibility index (Phi) is 5.67. The van der Waals surface area contributed by atoms with E-state index in [9.17, 15) is 0 Å². The molecule has 2 unspecified atom stereocenters. The predicted octanol–water partition coefficient (Wildman–Crippen LogP) is -0.288. The fraction of sp³-hybridized carbons (Fsp3) is 1.00. The molecule has 0 aromatic heterocycles. The summed E-state index contributed by atoms with van der Waals surface area (Å²) < 4.78 is 16.3. The Balaban J connectivity index is 1.57. The summed E-state index contributed by atoms with van der Waals surface area (Å²) in [7, 11) is 0. The number of morpholine rings is 1. The number of hydrogen-bond donors (Lipinski definition) is 1. The summed E-state index contributed by atoms with van der Waals surface area (Å²) in [6, 6.07) is 0.485. The first-order valence-electron chi connectivity index (χ1n) is 6.57. The van der Waals surface area contributed by atoms with Crippen molar-refractivity contribution in [3.05, 3.63) is 0 Å². The SMILES string of the molecule is CC(CN1CCOCC1)NCC1COCCO1. The van der Waals surface area contributed by atoms with Crippen molar-refractivity contribution >= 4 is 0 Å².